The number of nitrogens with zero attached hydrogens (tertiary/aromatic N) is 2. The molecule has 0 spiro atoms. The van der Waals surface area contributed by atoms with E-state index in [1.807, 2.05) is 13.8 Å². The lowest BCUT2D eigenvalue weighted by Gasteiger charge is -2.32. The molecule has 0 atom stereocenters. The molecule has 0 radical (unpaired) electrons. The van der Waals surface area contributed by atoms with Crippen molar-refractivity contribution < 1.29 is 4.74 Å². The zero-order valence-electron chi connectivity index (χ0n) is 13.2. The maximum absolute atomic E-state index is 5.43. The molecule has 0 aromatic carbocycles. The monoisotopic (exact) mass is 271 g/mol. The van der Waals surface area contributed by atoms with E-state index in [0.717, 1.165) is 25.7 Å². The van der Waals surface area contributed by atoms with Crippen LogP contribution in [0.1, 0.15) is 27.2 Å². The van der Waals surface area contributed by atoms with Gasteiger partial charge in [-0.15, -0.1) is 0 Å². The zero-order valence-corrected chi connectivity index (χ0v) is 13.2. The topological polar surface area (TPSA) is 27.7 Å². The van der Waals surface area contributed by atoms with E-state index < -0.39 is 0 Å². The van der Waals surface area contributed by atoms with Crippen molar-refractivity contribution in [1.29, 1.82) is 0 Å². The minimum absolute atomic E-state index is 0.842. The minimum atomic E-state index is 0.842. The van der Waals surface area contributed by atoms with Gasteiger partial charge in [-0.3, -0.25) is 4.90 Å². The van der Waals surface area contributed by atoms with Crippen LogP contribution < -0.4 is 5.32 Å². The van der Waals surface area contributed by atoms with Gasteiger partial charge in [-0.1, -0.05) is 13.8 Å². The molecule has 4 nitrogen and oxygen atoms in total. The van der Waals surface area contributed by atoms with Crippen LogP contribution in [0.2, 0.25) is 0 Å². The van der Waals surface area contributed by atoms with Gasteiger partial charge in [0.05, 0.1) is 6.61 Å². The molecule has 2 rings (SSSR count). The van der Waals surface area contributed by atoms with Crippen molar-refractivity contribution in [3.8, 4) is 0 Å². The Balaban J connectivity index is 0.000000861. The van der Waals surface area contributed by atoms with Crippen LogP contribution in [0.25, 0.3) is 0 Å². The first kappa shape index (κ1) is 16.9. The molecule has 0 unspecified atom stereocenters. The summed E-state index contributed by atoms with van der Waals surface area (Å²) in [4.78, 5) is 5.20. The highest BCUT2D eigenvalue weighted by Crippen LogP contribution is 2.09. The Kier molecular flexibility index (Phi) is 9.43. The predicted octanol–water partition coefficient (Wildman–Crippen LogP) is 1.28. The fraction of sp³-hybridized carbons (Fsp3) is 1.00. The van der Waals surface area contributed by atoms with Gasteiger partial charge in [0, 0.05) is 45.9 Å². The van der Waals surface area contributed by atoms with Crippen molar-refractivity contribution in [3.63, 3.8) is 0 Å². The summed E-state index contributed by atoms with van der Waals surface area (Å²) in [5, 5.41) is 3.36. The zero-order chi connectivity index (χ0) is 13.9. The Morgan fingerprint density at radius 2 is 1.74 bits per heavy atom. The Morgan fingerprint density at radius 3 is 2.37 bits per heavy atom. The summed E-state index contributed by atoms with van der Waals surface area (Å²) in [5.74, 6) is 0.907. The maximum atomic E-state index is 5.43. The highest BCUT2D eigenvalue weighted by Gasteiger charge is 2.21. The average molecular weight is 271 g/mol. The first-order chi connectivity index (χ1) is 9.38. The van der Waals surface area contributed by atoms with Crippen LogP contribution in [0.15, 0.2) is 0 Å². The van der Waals surface area contributed by atoms with Crippen LogP contribution in [0.4, 0.5) is 0 Å². The first-order valence-electron chi connectivity index (χ1n) is 8.11. The molecule has 2 fully saturated rings. The summed E-state index contributed by atoms with van der Waals surface area (Å²) in [6.45, 7) is 17.6. The number of hydrogen-bond donors (Lipinski definition) is 1. The molecule has 2 aliphatic rings. The summed E-state index contributed by atoms with van der Waals surface area (Å²) in [6.07, 6.45) is 1.31. The second-order valence-corrected chi connectivity index (χ2v) is 5.22. The number of ether oxygens (including phenoxy) is 1. The predicted molar refractivity (Wildman–Crippen MR) is 81.7 cm³/mol. The highest BCUT2D eigenvalue weighted by molar-refractivity contribution is 4.79. The summed E-state index contributed by atoms with van der Waals surface area (Å²) >= 11 is 0. The lowest BCUT2D eigenvalue weighted by Crippen LogP contribution is -2.48. The molecule has 0 amide bonds. The van der Waals surface area contributed by atoms with E-state index in [1.165, 1.54) is 52.2 Å². The van der Waals surface area contributed by atoms with Gasteiger partial charge in [0.15, 0.2) is 0 Å². The Bertz CT molecular complexity index is 210. The number of rotatable bonds is 6. The Labute approximate surface area is 119 Å². The van der Waals surface area contributed by atoms with Crippen LogP contribution in [0.3, 0.4) is 0 Å². The molecule has 114 valence electrons. The molecule has 0 aromatic rings. The van der Waals surface area contributed by atoms with Crippen LogP contribution in [-0.4, -0.2) is 75.4 Å². The summed E-state index contributed by atoms with van der Waals surface area (Å²) in [6, 6.07) is 0. The molecule has 0 aliphatic carbocycles. The fourth-order valence-electron chi connectivity index (χ4n) is 2.61. The normalized spacial score (nSPS) is 22.3. The molecule has 1 N–H and O–H groups in total. The Hall–Kier alpha value is -0.160. The van der Waals surface area contributed by atoms with Crippen LogP contribution in [0.5, 0.6) is 0 Å². The summed E-state index contributed by atoms with van der Waals surface area (Å²) in [7, 11) is 0. The molecular weight excluding hydrogens is 238 g/mol. The molecule has 2 heterocycles. The van der Waals surface area contributed by atoms with Crippen molar-refractivity contribution in [3.05, 3.63) is 0 Å². The van der Waals surface area contributed by atoms with Crippen molar-refractivity contribution >= 4 is 0 Å². The average Bonchev–Trinajstić information content (AvgIpc) is 2.62. The van der Waals surface area contributed by atoms with Gasteiger partial charge in [0.1, 0.15) is 0 Å². The smallest absolute Gasteiger partial charge is 0.0593 e. The molecule has 0 aromatic heterocycles. The second-order valence-electron chi connectivity index (χ2n) is 5.22. The van der Waals surface area contributed by atoms with E-state index in [-0.39, 0.29) is 0 Å². The van der Waals surface area contributed by atoms with E-state index in [1.54, 1.807) is 0 Å². The van der Waals surface area contributed by atoms with Crippen molar-refractivity contribution in [2.24, 2.45) is 5.92 Å². The van der Waals surface area contributed by atoms with Gasteiger partial charge in [-0.25, -0.2) is 0 Å². The standard InChI is InChI=1S/C13H27N3O.C2H6/c1-2-17-9-8-15-4-3-5-16(7-6-15)12-13-10-14-11-13;1-2/h13-14H,2-12H2,1H3;1-2H3. The van der Waals surface area contributed by atoms with Crippen molar-refractivity contribution in [1.82, 2.24) is 15.1 Å². The quantitative estimate of drug-likeness (QED) is 0.737. The summed E-state index contributed by atoms with van der Waals surface area (Å²) < 4.78 is 5.43. The molecule has 0 saturated carbocycles. The lowest BCUT2D eigenvalue weighted by molar-refractivity contribution is 0.113. The van der Waals surface area contributed by atoms with E-state index in [0.29, 0.717) is 0 Å². The molecule has 2 aliphatic heterocycles. The van der Waals surface area contributed by atoms with Crippen molar-refractivity contribution in [2.75, 3.05) is 65.6 Å². The highest BCUT2D eigenvalue weighted by atomic mass is 16.5. The number of hydrogen-bond acceptors (Lipinski definition) is 4. The van der Waals surface area contributed by atoms with E-state index in [2.05, 4.69) is 22.0 Å². The first-order valence-corrected chi connectivity index (χ1v) is 8.11. The molecule has 4 heteroatoms. The molecule has 2 saturated heterocycles. The number of nitrogens with one attached hydrogen (secondary N) is 1. The third kappa shape index (κ3) is 6.70. The molecular formula is C15H33N3O. The third-order valence-corrected chi connectivity index (χ3v) is 3.82. The fourth-order valence-corrected chi connectivity index (χ4v) is 2.61. The molecule has 19 heavy (non-hydrogen) atoms. The maximum Gasteiger partial charge on any atom is 0.0593 e. The van der Waals surface area contributed by atoms with Crippen molar-refractivity contribution in [2.45, 2.75) is 27.2 Å². The lowest BCUT2D eigenvalue weighted by atomic mass is 10.0. The minimum Gasteiger partial charge on any atom is -0.380 e. The summed E-state index contributed by atoms with van der Waals surface area (Å²) in [5.41, 5.74) is 0. The Morgan fingerprint density at radius 1 is 1.05 bits per heavy atom. The van der Waals surface area contributed by atoms with Gasteiger partial charge < -0.3 is 15.0 Å². The van der Waals surface area contributed by atoms with E-state index in [9.17, 15) is 0 Å². The van der Waals surface area contributed by atoms with Crippen LogP contribution in [0, 0.1) is 5.92 Å². The van der Waals surface area contributed by atoms with Gasteiger partial charge in [-0.2, -0.15) is 0 Å². The second kappa shape index (κ2) is 10.6. The third-order valence-electron chi connectivity index (χ3n) is 3.82. The van der Waals surface area contributed by atoms with Gasteiger partial charge in [0.25, 0.3) is 0 Å². The van der Waals surface area contributed by atoms with Gasteiger partial charge >= 0.3 is 0 Å². The van der Waals surface area contributed by atoms with Crippen LogP contribution in [-0.2, 0) is 4.74 Å². The SMILES string of the molecule is CC.CCOCCN1CCCN(CC2CNC2)CC1. The van der Waals surface area contributed by atoms with E-state index in [4.69, 9.17) is 4.74 Å². The largest absolute Gasteiger partial charge is 0.380 e. The van der Waals surface area contributed by atoms with Gasteiger partial charge in [0.2, 0.25) is 0 Å². The van der Waals surface area contributed by atoms with Crippen LogP contribution >= 0.6 is 0 Å². The molecule has 0 bridgehead atoms. The van der Waals surface area contributed by atoms with E-state index >= 15 is 0 Å². The van der Waals surface area contributed by atoms with Gasteiger partial charge in [-0.05, 0) is 32.4 Å².